The average Bonchev–Trinajstić information content (AvgIpc) is 2.69. The van der Waals surface area contributed by atoms with Crippen LogP contribution in [0.4, 0.5) is 13.2 Å². The van der Waals surface area contributed by atoms with E-state index in [0.717, 1.165) is 16.8 Å². The Bertz CT molecular complexity index is 1080. The summed E-state index contributed by atoms with van der Waals surface area (Å²) in [5, 5.41) is 10.7. The molecule has 0 fully saturated rings. The topological polar surface area (TPSA) is 76.9 Å². The molecule has 152 valence electrons. The first kappa shape index (κ1) is 20.5. The predicted molar refractivity (Wildman–Crippen MR) is 101 cm³/mol. The van der Waals surface area contributed by atoms with Gasteiger partial charge in [-0.1, -0.05) is 42.8 Å². The highest BCUT2D eigenvalue weighted by atomic mass is 19.4. The van der Waals surface area contributed by atoms with Crippen LogP contribution in [0.3, 0.4) is 0 Å². The Morgan fingerprint density at radius 2 is 1.93 bits per heavy atom. The summed E-state index contributed by atoms with van der Waals surface area (Å²) >= 11 is 0. The fourth-order valence-corrected chi connectivity index (χ4v) is 3.05. The molecule has 1 heterocycles. The standard InChI is InChI=1S/C20H19F3N4O2/c1-2-6-16(13-7-5-8-14(11-13)20(21,22)23)24-18(28)12-27-19(29)15-9-3-4-10-17(15)25-26-27/h3-5,7-11,16H,2,6,12H2,1H3,(H,24,28). The van der Waals surface area contributed by atoms with E-state index in [2.05, 4.69) is 15.6 Å². The highest BCUT2D eigenvalue weighted by molar-refractivity contribution is 5.78. The number of benzene rings is 2. The maximum Gasteiger partial charge on any atom is 0.416 e. The van der Waals surface area contributed by atoms with Crippen LogP contribution in [-0.2, 0) is 17.5 Å². The predicted octanol–water partition coefficient (Wildman–Crippen LogP) is 3.47. The van der Waals surface area contributed by atoms with E-state index in [1.54, 1.807) is 24.3 Å². The second-order valence-corrected chi connectivity index (χ2v) is 6.60. The van der Waals surface area contributed by atoms with Gasteiger partial charge < -0.3 is 5.32 Å². The molecule has 6 nitrogen and oxygen atoms in total. The number of hydrogen-bond acceptors (Lipinski definition) is 4. The number of fused-ring (bicyclic) bond motifs is 1. The number of alkyl halides is 3. The molecule has 3 aromatic rings. The molecular weight excluding hydrogens is 385 g/mol. The quantitative estimate of drug-likeness (QED) is 0.683. The van der Waals surface area contributed by atoms with E-state index < -0.39 is 29.2 Å². The van der Waals surface area contributed by atoms with Crippen LogP contribution in [0.15, 0.2) is 53.3 Å². The summed E-state index contributed by atoms with van der Waals surface area (Å²) in [6, 6.07) is 10.9. The van der Waals surface area contributed by atoms with Crippen molar-refractivity contribution in [1.82, 2.24) is 20.3 Å². The van der Waals surface area contributed by atoms with Crippen molar-refractivity contribution in [3.63, 3.8) is 0 Å². The Morgan fingerprint density at radius 1 is 1.17 bits per heavy atom. The molecule has 1 atom stereocenters. The van der Waals surface area contributed by atoms with Crippen molar-refractivity contribution in [1.29, 1.82) is 0 Å². The first-order valence-electron chi connectivity index (χ1n) is 9.08. The maximum absolute atomic E-state index is 13.0. The lowest BCUT2D eigenvalue weighted by Gasteiger charge is -2.20. The average molecular weight is 404 g/mol. The fourth-order valence-electron chi connectivity index (χ4n) is 3.05. The molecule has 0 spiro atoms. The van der Waals surface area contributed by atoms with Crippen molar-refractivity contribution in [3.8, 4) is 0 Å². The molecule has 1 unspecified atom stereocenters. The minimum atomic E-state index is -4.47. The van der Waals surface area contributed by atoms with Crippen molar-refractivity contribution in [2.75, 3.05) is 0 Å². The van der Waals surface area contributed by atoms with Crippen LogP contribution in [-0.4, -0.2) is 20.9 Å². The molecule has 0 saturated heterocycles. The van der Waals surface area contributed by atoms with Gasteiger partial charge in [-0.3, -0.25) is 9.59 Å². The Labute approximate surface area is 164 Å². The second-order valence-electron chi connectivity index (χ2n) is 6.60. The third-order valence-electron chi connectivity index (χ3n) is 4.45. The zero-order chi connectivity index (χ0) is 21.0. The van der Waals surface area contributed by atoms with Crippen molar-refractivity contribution in [3.05, 3.63) is 70.0 Å². The number of aromatic nitrogens is 3. The third kappa shape index (κ3) is 4.79. The Hall–Kier alpha value is -3.23. The summed E-state index contributed by atoms with van der Waals surface area (Å²) in [5.74, 6) is -0.535. The molecular formula is C20H19F3N4O2. The van der Waals surface area contributed by atoms with E-state index in [4.69, 9.17) is 0 Å². The van der Waals surface area contributed by atoms with Crippen LogP contribution in [0.2, 0.25) is 0 Å². The van der Waals surface area contributed by atoms with Crippen LogP contribution in [0.25, 0.3) is 10.9 Å². The van der Waals surface area contributed by atoms with Crippen molar-refractivity contribution >= 4 is 16.8 Å². The number of carbonyl (C=O) groups excluding carboxylic acids is 1. The Morgan fingerprint density at radius 3 is 2.66 bits per heavy atom. The van der Waals surface area contributed by atoms with Gasteiger partial charge in [0.05, 0.1) is 17.0 Å². The largest absolute Gasteiger partial charge is 0.416 e. The van der Waals surface area contributed by atoms with E-state index in [9.17, 15) is 22.8 Å². The van der Waals surface area contributed by atoms with Crippen molar-refractivity contribution in [2.45, 2.75) is 38.5 Å². The molecule has 0 aliphatic rings. The molecule has 1 aromatic heterocycles. The second kappa shape index (κ2) is 8.42. The van der Waals surface area contributed by atoms with Crippen LogP contribution >= 0.6 is 0 Å². The molecule has 3 rings (SSSR count). The summed E-state index contributed by atoms with van der Waals surface area (Å²) in [5.41, 5.74) is -0.465. The number of nitrogens with one attached hydrogen (secondary N) is 1. The third-order valence-corrected chi connectivity index (χ3v) is 4.45. The number of rotatable bonds is 6. The summed E-state index contributed by atoms with van der Waals surface area (Å²) < 4.78 is 39.9. The number of hydrogen-bond donors (Lipinski definition) is 1. The van der Waals surface area contributed by atoms with Gasteiger partial charge in [0.25, 0.3) is 5.56 Å². The van der Waals surface area contributed by atoms with Gasteiger partial charge in [-0.25, -0.2) is 4.68 Å². The molecule has 2 aromatic carbocycles. The Kier molecular flexibility index (Phi) is 5.95. The zero-order valence-electron chi connectivity index (χ0n) is 15.6. The lowest BCUT2D eigenvalue weighted by Crippen LogP contribution is -2.36. The van der Waals surface area contributed by atoms with Gasteiger partial charge in [0.15, 0.2) is 0 Å². The molecule has 0 radical (unpaired) electrons. The molecule has 0 saturated carbocycles. The fraction of sp³-hybridized carbons (Fsp3) is 0.300. The van der Waals surface area contributed by atoms with E-state index in [0.29, 0.717) is 29.3 Å². The lowest BCUT2D eigenvalue weighted by atomic mass is 10.00. The van der Waals surface area contributed by atoms with E-state index in [-0.39, 0.29) is 6.54 Å². The molecule has 9 heteroatoms. The molecule has 0 bridgehead atoms. The van der Waals surface area contributed by atoms with Crippen LogP contribution in [0, 0.1) is 0 Å². The number of carbonyl (C=O) groups is 1. The monoisotopic (exact) mass is 404 g/mol. The summed E-state index contributed by atoms with van der Waals surface area (Å²) in [6.45, 7) is 1.49. The van der Waals surface area contributed by atoms with Gasteiger partial charge in [-0.05, 0) is 36.2 Å². The minimum absolute atomic E-state index is 0.332. The summed E-state index contributed by atoms with van der Waals surface area (Å²) in [4.78, 5) is 24.9. The van der Waals surface area contributed by atoms with Crippen LogP contribution in [0.1, 0.15) is 36.9 Å². The minimum Gasteiger partial charge on any atom is -0.348 e. The SMILES string of the molecule is CCCC(NC(=O)Cn1nnc2ccccc2c1=O)c1cccc(C(F)(F)F)c1. The highest BCUT2D eigenvalue weighted by Crippen LogP contribution is 2.31. The number of amides is 1. The van der Waals surface area contributed by atoms with Gasteiger partial charge >= 0.3 is 6.18 Å². The molecule has 0 aliphatic heterocycles. The zero-order valence-corrected chi connectivity index (χ0v) is 15.6. The Balaban J connectivity index is 1.80. The summed E-state index contributed by atoms with van der Waals surface area (Å²) in [6.07, 6.45) is -3.37. The van der Waals surface area contributed by atoms with Gasteiger partial charge in [0, 0.05) is 0 Å². The van der Waals surface area contributed by atoms with Gasteiger partial charge in [0.1, 0.15) is 12.1 Å². The molecule has 29 heavy (non-hydrogen) atoms. The van der Waals surface area contributed by atoms with E-state index in [1.807, 2.05) is 6.92 Å². The first-order valence-corrected chi connectivity index (χ1v) is 9.08. The molecule has 1 N–H and O–H groups in total. The van der Waals surface area contributed by atoms with Gasteiger partial charge in [-0.15, -0.1) is 5.10 Å². The summed E-state index contributed by atoms with van der Waals surface area (Å²) in [7, 11) is 0. The van der Waals surface area contributed by atoms with E-state index >= 15 is 0 Å². The normalized spacial score (nSPS) is 12.7. The number of halogens is 3. The van der Waals surface area contributed by atoms with Gasteiger partial charge in [0.2, 0.25) is 5.91 Å². The number of nitrogens with zero attached hydrogens (tertiary/aromatic N) is 3. The molecule has 0 aliphatic carbocycles. The van der Waals surface area contributed by atoms with Crippen molar-refractivity contribution < 1.29 is 18.0 Å². The smallest absolute Gasteiger partial charge is 0.348 e. The van der Waals surface area contributed by atoms with Crippen LogP contribution < -0.4 is 10.9 Å². The lowest BCUT2D eigenvalue weighted by molar-refractivity contribution is -0.137. The van der Waals surface area contributed by atoms with E-state index in [1.165, 1.54) is 12.1 Å². The van der Waals surface area contributed by atoms with Crippen molar-refractivity contribution in [2.24, 2.45) is 0 Å². The van der Waals surface area contributed by atoms with Crippen LogP contribution in [0.5, 0.6) is 0 Å². The molecule has 1 amide bonds. The maximum atomic E-state index is 13.0. The highest BCUT2D eigenvalue weighted by Gasteiger charge is 2.31. The first-order chi connectivity index (χ1) is 13.8. The van der Waals surface area contributed by atoms with Gasteiger partial charge in [-0.2, -0.15) is 13.2 Å².